The van der Waals surface area contributed by atoms with Crippen LogP contribution < -0.4 is 0 Å². The lowest BCUT2D eigenvalue weighted by atomic mass is 9.87. The van der Waals surface area contributed by atoms with Crippen molar-refractivity contribution in [1.82, 2.24) is 0 Å². The summed E-state index contributed by atoms with van der Waals surface area (Å²) in [6.45, 7) is 3.39. The molecule has 2 atom stereocenters. The molecule has 12 heavy (non-hydrogen) atoms. The summed E-state index contributed by atoms with van der Waals surface area (Å²) in [7, 11) is 0. The molecule has 3 heteroatoms. The van der Waals surface area contributed by atoms with Gasteiger partial charge in [-0.05, 0) is 12.3 Å². The number of carbonyl (C=O) groups is 2. The van der Waals surface area contributed by atoms with E-state index in [1.165, 1.54) is 6.92 Å². The van der Waals surface area contributed by atoms with Crippen LogP contribution in [0.25, 0.3) is 0 Å². The Labute approximate surface area is 72.1 Å². The van der Waals surface area contributed by atoms with E-state index in [0.29, 0.717) is 18.8 Å². The van der Waals surface area contributed by atoms with E-state index in [1.54, 1.807) is 0 Å². The van der Waals surface area contributed by atoms with Gasteiger partial charge in [0.1, 0.15) is 11.9 Å². The molecule has 1 fully saturated rings. The first kappa shape index (κ1) is 9.23. The Morgan fingerprint density at radius 3 is 2.83 bits per heavy atom. The molecule has 3 nitrogen and oxygen atoms in total. The second-order valence-corrected chi connectivity index (χ2v) is 3.41. The monoisotopic (exact) mass is 170 g/mol. The van der Waals surface area contributed by atoms with Gasteiger partial charge in [-0.1, -0.05) is 6.92 Å². The van der Waals surface area contributed by atoms with E-state index in [4.69, 9.17) is 4.74 Å². The second kappa shape index (κ2) is 3.70. The van der Waals surface area contributed by atoms with Gasteiger partial charge in [0, 0.05) is 19.8 Å². The maximum Gasteiger partial charge on any atom is 0.302 e. The first-order chi connectivity index (χ1) is 5.59. The smallest absolute Gasteiger partial charge is 0.302 e. The summed E-state index contributed by atoms with van der Waals surface area (Å²) in [5, 5.41) is 0. The molecule has 1 rings (SSSR count). The average molecular weight is 170 g/mol. The fraction of sp³-hybridized carbons (Fsp3) is 0.778. The molecule has 1 aliphatic rings. The van der Waals surface area contributed by atoms with Crippen molar-refractivity contribution >= 4 is 11.8 Å². The van der Waals surface area contributed by atoms with Gasteiger partial charge in [0.15, 0.2) is 0 Å². The first-order valence-electron chi connectivity index (χ1n) is 4.28. The van der Waals surface area contributed by atoms with Crippen molar-refractivity contribution in [1.29, 1.82) is 0 Å². The van der Waals surface area contributed by atoms with E-state index in [2.05, 4.69) is 0 Å². The number of hydrogen-bond acceptors (Lipinski definition) is 3. The van der Waals surface area contributed by atoms with Gasteiger partial charge in [-0.15, -0.1) is 0 Å². The van der Waals surface area contributed by atoms with Crippen molar-refractivity contribution in [2.75, 3.05) is 0 Å². The maximum atomic E-state index is 11.0. The zero-order chi connectivity index (χ0) is 9.14. The van der Waals surface area contributed by atoms with Crippen LogP contribution >= 0.6 is 0 Å². The predicted molar refractivity (Wildman–Crippen MR) is 43.6 cm³/mol. The summed E-state index contributed by atoms with van der Waals surface area (Å²) in [6, 6.07) is 0. The SMILES string of the molecule is CC(=O)OC1CC(=O)CCC1C. The molecule has 0 aliphatic heterocycles. The number of hydrogen-bond donors (Lipinski definition) is 0. The Morgan fingerprint density at radius 2 is 2.25 bits per heavy atom. The average Bonchev–Trinajstić information content (AvgIpc) is 1.96. The number of ether oxygens (including phenoxy) is 1. The Morgan fingerprint density at radius 1 is 1.58 bits per heavy atom. The summed E-state index contributed by atoms with van der Waals surface area (Å²) >= 11 is 0. The van der Waals surface area contributed by atoms with Gasteiger partial charge in [-0.3, -0.25) is 9.59 Å². The molecule has 0 N–H and O–H groups in total. The van der Waals surface area contributed by atoms with E-state index in [1.807, 2.05) is 6.92 Å². The van der Waals surface area contributed by atoms with E-state index in [9.17, 15) is 9.59 Å². The van der Waals surface area contributed by atoms with Crippen molar-refractivity contribution in [2.24, 2.45) is 5.92 Å². The molecule has 1 aliphatic carbocycles. The summed E-state index contributed by atoms with van der Waals surface area (Å²) in [5.74, 6) is 0.243. The second-order valence-electron chi connectivity index (χ2n) is 3.41. The highest BCUT2D eigenvalue weighted by Gasteiger charge is 2.28. The molecule has 0 heterocycles. The highest BCUT2D eigenvalue weighted by atomic mass is 16.5. The van der Waals surface area contributed by atoms with Crippen molar-refractivity contribution in [3.05, 3.63) is 0 Å². The van der Waals surface area contributed by atoms with Crippen molar-refractivity contribution in [3.63, 3.8) is 0 Å². The van der Waals surface area contributed by atoms with Crippen LogP contribution in [0.5, 0.6) is 0 Å². The van der Waals surface area contributed by atoms with E-state index in [-0.39, 0.29) is 17.9 Å². The largest absolute Gasteiger partial charge is 0.462 e. The van der Waals surface area contributed by atoms with Gasteiger partial charge in [0.05, 0.1) is 0 Å². The minimum absolute atomic E-state index is 0.177. The van der Waals surface area contributed by atoms with Crippen molar-refractivity contribution in [3.8, 4) is 0 Å². The zero-order valence-corrected chi connectivity index (χ0v) is 7.50. The molecule has 0 amide bonds. The van der Waals surface area contributed by atoms with Crippen LogP contribution in [0, 0.1) is 5.92 Å². The van der Waals surface area contributed by atoms with Crippen LogP contribution in [0.4, 0.5) is 0 Å². The third kappa shape index (κ3) is 2.32. The number of Topliss-reactive ketones (excluding diaryl/α,β-unsaturated/α-hetero) is 1. The molecule has 0 aromatic rings. The fourth-order valence-corrected chi connectivity index (χ4v) is 1.47. The molecule has 0 bridgehead atoms. The Hall–Kier alpha value is -0.860. The van der Waals surface area contributed by atoms with Crippen LogP contribution in [-0.2, 0) is 14.3 Å². The molecule has 0 aromatic carbocycles. The van der Waals surface area contributed by atoms with Gasteiger partial charge >= 0.3 is 5.97 Å². The number of rotatable bonds is 1. The summed E-state index contributed by atoms with van der Waals surface area (Å²) in [6.07, 6.45) is 1.71. The predicted octanol–water partition coefficient (Wildman–Crippen LogP) is 1.31. The lowest BCUT2D eigenvalue weighted by Crippen LogP contribution is -2.31. The van der Waals surface area contributed by atoms with Crippen LogP contribution in [0.15, 0.2) is 0 Å². The first-order valence-corrected chi connectivity index (χ1v) is 4.28. The maximum absolute atomic E-state index is 11.0. The highest BCUT2D eigenvalue weighted by molar-refractivity contribution is 5.80. The summed E-state index contributed by atoms with van der Waals surface area (Å²) in [5.41, 5.74) is 0. The minimum atomic E-state index is -0.290. The molecule has 0 radical (unpaired) electrons. The van der Waals surface area contributed by atoms with Gasteiger partial charge in [-0.2, -0.15) is 0 Å². The van der Waals surface area contributed by atoms with Crippen LogP contribution in [0.3, 0.4) is 0 Å². The Balaban J connectivity index is 2.49. The Bertz CT molecular complexity index is 196. The molecular weight excluding hydrogens is 156 g/mol. The molecule has 0 aromatic heterocycles. The summed E-state index contributed by atoms with van der Waals surface area (Å²) < 4.78 is 5.01. The van der Waals surface area contributed by atoms with E-state index >= 15 is 0 Å². The van der Waals surface area contributed by atoms with E-state index < -0.39 is 0 Å². The van der Waals surface area contributed by atoms with Gasteiger partial charge < -0.3 is 4.74 Å². The third-order valence-corrected chi connectivity index (χ3v) is 2.26. The lowest BCUT2D eigenvalue weighted by Gasteiger charge is -2.26. The number of esters is 1. The topological polar surface area (TPSA) is 43.4 Å². The summed E-state index contributed by atoms with van der Waals surface area (Å²) in [4.78, 5) is 21.6. The van der Waals surface area contributed by atoms with Gasteiger partial charge in [0.2, 0.25) is 0 Å². The molecule has 2 unspecified atom stereocenters. The molecule has 1 saturated carbocycles. The quantitative estimate of drug-likeness (QED) is 0.557. The van der Waals surface area contributed by atoms with Crippen LogP contribution in [0.2, 0.25) is 0 Å². The molecule has 0 saturated heterocycles. The molecule has 0 spiro atoms. The van der Waals surface area contributed by atoms with Crippen LogP contribution in [-0.4, -0.2) is 17.9 Å². The number of carbonyl (C=O) groups excluding carboxylic acids is 2. The van der Waals surface area contributed by atoms with Crippen molar-refractivity contribution in [2.45, 2.75) is 39.2 Å². The van der Waals surface area contributed by atoms with Gasteiger partial charge in [0.25, 0.3) is 0 Å². The van der Waals surface area contributed by atoms with E-state index in [0.717, 1.165) is 6.42 Å². The molecular formula is C9H14O3. The fourth-order valence-electron chi connectivity index (χ4n) is 1.47. The third-order valence-electron chi connectivity index (χ3n) is 2.26. The standard InChI is InChI=1S/C9H14O3/c1-6-3-4-8(11)5-9(6)12-7(2)10/h6,9H,3-5H2,1-2H3. The minimum Gasteiger partial charge on any atom is -0.462 e. The molecule has 68 valence electrons. The number of ketones is 1. The van der Waals surface area contributed by atoms with Crippen LogP contribution in [0.1, 0.15) is 33.1 Å². The zero-order valence-electron chi connectivity index (χ0n) is 7.50. The Kier molecular flexibility index (Phi) is 2.84. The normalized spacial score (nSPS) is 30.0. The lowest BCUT2D eigenvalue weighted by molar-refractivity contribution is -0.152. The highest BCUT2D eigenvalue weighted by Crippen LogP contribution is 2.24. The van der Waals surface area contributed by atoms with Crippen molar-refractivity contribution < 1.29 is 14.3 Å². The van der Waals surface area contributed by atoms with Gasteiger partial charge in [-0.25, -0.2) is 0 Å².